The van der Waals surface area contributed by atoms with Crippen LogP contribution in [0.2, 0.25) is 0 Å². The van der Waals surface area contributed by atoms with E-state index in [-0.39, 0.29) is 12.3 Å². The number of carbonyl (C=O) groups excluding carboxylic acids is 1. The molecule has 0 radical (unpaired) electrons. The smallest absolute Gasteiger partial charge is 0.353 e. The van der Waals surface area contributed by atoms with E-state index in [0.717, 1.165) is 12.3 Å². The molecule has 2 N–H and O–H groups in total. The fraction of sp³-hybridized carbons (Fsp3) is 0.417. The highest BCUT2D eigenvalue weighted by molar-refractivity contribution is 5.82. The van der Waals surface area contributed by atoms with Crippen molar-refractivity contribution in [2.24, 2.45) is 0 Å². The monoisotopic (exact) mass is 299 g/mol. The number of hydrogen-bond acceptors (Lipinski definition) is 4. The van der Waals surface area contributed by atoms with Crippen LogP contribution in [-0.4, -0.2) is 39.6 Å². The lowest BCUT2D eigenvalue weighted by molar-refractivity contribution is -0.137. The molecule has 0 bridgehead atoms. The van der Waals surface area contributed by atoms with Crippen LogP contribution in [0.15, 0.2) is 18.3 Å². The van der Waals surface area contributed by atoms with Gasteiger partial charge in [-0.1, -0.05) is 0 Å². The van der Waals surface area contributed by atoms with Gasteiger partial charge in [-0.3, -0.25) is 9.20 Å². The topological polar surface area (TPSA) is 71.3 Å². The molecule has 6 nitrogen and oxygen atoms in total. The molecule has 0 aliphatic carbocycles. The molecule has 21 heavy (non-hydrogen) atoms. The Bertz CT molecular complexity index is 681. The van der Waals surface area contributed by atoms with Gasteiger partial charge in [0.2, 0.25) is 5.91 Å². The first-order chi connectivity index (χ1) is 9.95. The first-order valence-electron chi connectivity index (χ1n) is 6.37. The number of halogens is 3. The van der Waals surface area contributed by atoms with E-state index in [9.17, 15) is 18.0 Å². The van der Waals surface area contributed by atoms with E-state index < -0.39 is 17.8 Å². The minimum Gasteiger partial charge on any atom is -0.353 e. The molecule has 1 aliphatic heterocycles. The lowest BCUT2D eigenvalue weighted by Gasteiger charge is -2.22. The van der Waals surface area contributed by atoms with Crippen LogP contribution in [-0.2, 0) is 17.4 Å². The van der Waals surface area contributed by atoms with Crippen LogP contribution in [0.3, 0.4) is 0 Å². The van der Waals surface area contributed by atoms with Crippen LogP contribution in [0.4, 0.5) is 13.2 Å². The molecular formula is C12H12F3N5O. The molecule has 1 saturated heterocycles. The molecule has 1 aliphatic rings. The maximum atomic E-state index is 12.7. The van der Waals surface area contributed by atoms with Gasteiger partial charge in [0.25, 0.3) is 0 Å². The van der Waals surface area contributed by atoms with Crippen LogP contribution < -0.4 is 10.6 Å². The van der Waals surface area contributed by atoms with E-state index in [1.807, 2.05) is 0 Å². The second kappa shape index (κ2) is 4.99. The molecule has 3 heterocycles. The molecule has 1 fully saturated rings. The number of nitrogens with zero attached hydrogens (tertiary/aromatic N) is 3. The molecule has 2 aromatic heterocycles. The fourth-order valence-corrected chi connectivity index (χ4v) is 2.24. The molecule has 1 atom stereocenters. The zero-order valence-corrected chi connectivity index (χ0v) is 10.8. The highest BCUT2D eigenvalue weighted by Crippen LogP contribution is 2.29. The Kier molecular flexibility index (Phi) is 3.28. The van der Waals surface area contributed by atoms with Crippen molar-refractivity contribution in [2.75, 3.05) is 13.1 Å². The van der Waals surface area contributed by atoms with Crippen LogP contribution in [0.1, 0.15) is 11.4 Å². The Labute approximate surface area is 117 Å². The minimum atomic E-state index is -4.43. The minimum absolute atomic E-state index is 0.175. The third kappa shape index (κ3) is 2.68. The lowest BCUT2D eigenvalue weighted by atomic mass is 10.1. The summed E-state index contributed by atoms with van der Waals surface area (Å²) in [5, 5.41) is 13.4. The summed E-state index contributed by atoms with van der Waals surface area (Å²) in [5.74, 6) is 0.121. The molecule has 112 valence electrons. The molecule has 0 spiro atoms. The summed E-state index contributed by atoms with van der Waals surface area (Å²) >= 11 is 0. The van der Waals surface area contributed by atoms with Crippen molar-refractivity contribution in [1.82, 2.24) is 25.2 Å². The van der Waals surface area contributed by atoms with Gasteiger partial charge in [0, 0.05) is 25.7 Å². The van der Waals surface area contributed by atoms with E-state index in [1.165, 1.54) is 10.5 Å². The van der Waals surface area contributed by atoms with Gasteiger partial charge in [0.15, 0.2) is 5.65 Å². The number of hydrogen-bond donors (Lipinski definition) is 2. The van der Waals surface area contributed by atoms with Crippen LogP contribution in [0.25, 0.3) is 5.65 Å². The van der Waals surface area contributed by atoms with Crippen LogP contribution >= 0.6 is 0 Å². The molecule has 0 aromatic carbocycles. The maximum absolute atomic E-state index is 12.7. The van der Waals surface area contributed by atoms with Crippen molar-refractivity contribution in [3.8, 4) is 0 Å². The molecule has 2 aromatic rings. The normalized spacial score (nSPS) is 19.8. The molecule has 1 amide bonds. The van der Waals surface area contributed by atoms with E-state index in [2.05, 4.69) is 20.8 Å². The van der Waals surface area contributed by atoms with Crippen molar-refractivity contribution < 1.29 is 18.0 Å². The summed E-state index contributed by atoms with van der Waals surface area (Å²) in [6.07, 6.45) is -3.31. The standard InChI is InChI=1S/C12H12F3N5O/c13-12(14,15)7-1-2-9-18-19-10(20(9)6-7)5-8-11(21)17-4-3-16-8/h1-2,6,8,16H,3-5H2,(H,17,21). The molecule has 3 rings (SSSR count). The Morgan fingerprint density at radius 3 is 2.81 bits per heavy atom. The summed E-state index contributed by atoms with van der Waals surface area (Å²) in [6, 6.07) is 1.70. The number of amides is 1. The Morgan fingerprint density at radius 1 is 1.29 bits per heavy atom. The van der Waals surface area contributed by atoms with Gasteiger partial charge < -0.3 is 10.6 Å². The van der Waals surface area contributed by atoms with E-state index in [4.69, 9.17) is 0 Å². The zero-order valence-electron chi connectivity index (χ0n) is 10.8. The van der Waals surface area contributed by atoms with E-state index >= 15 is 0 Å². The van der Waals surface area contributed by atoms with Gasteiger partial charge in [0.05, 0.1) is 11.6 Å². The lowest BCUT2D eigenvalue weighted by Crippen LogP contribution is -2.53. The third-order valence-electron chi connectivity index (χ3n) is 3.32. The predicted molar refractivity (Wildman–Crippen MR) is 66.5 cm³/mol. The second-order valence-corrected chi connectivity index (χ2v) is 4.76. The number of piperazine rings is 1. The van der Waals surface area contributed by atoms with Crippen LogP contribution in [0.5, 0.6) is 0 Å². The SMILES string of the molecule is O=C1NCCNC1Cc1nnc2ccc(C(F)(F)F)cn12. The van der Waals surface area contributed by atoms with Gasteiger partial charge in [-0.2, -0.15) is 13.2 Å². The fourth-order valence-electron chi connectivity index (χ4n) is 2.24. The number of carbonyl (C=O) groups is 1. The first kappa shape index (κ1) is 13.8. The predicted octanol–water partition coefficient (Wildman–Crippen LogP) is 0.379. The highest BCUT2D eigenvalue weighted by Gasteiger charge is 2.31. The molecular weight excluding hydrogens is 287 g/mol. The number of pyridine rings is 1. The first-order valence-corrected chi connectivity index (χ1v) is 6.37. The van der Waals surface area contributed by atoms with Crippen molar-refractivity contribution in [1.29, 1.82) is 0 Å². The Balaban J connectivity index is 1.93. The molecule has 0 saturated carbocycles. The van der Waals surface area contributed by atoms with Gasteiger partial charge in [-0.05, 0) is 12.1 Å². The summed E-state index contributed by atoms with van der Waals surface area (Å²) in [5.41, 5.74) is -0.466. The third-order valence-corrected chi connectivity index (χ3v) is 3.32. The van der Waals surface area contributed by atoms with Gasteiger partial charge in [0.1, 0.15) is 5.82 Å². The van der Waals surface area contributed by atoms with Gasteiger partial charge in [-0.15, -0.1) is 10.2 Å². The van der Waals surface area contributed by atoms with Crippen molar-refractivity contribution in [2.45, 2.75) is 18.6 Å². The number of aromatic nitrogens is 3. The Morgan fingerprint density at radius 2 is 2.10 bits per heavy atom. The highest BCUT2D eigenvalue weighted by atomic mass is 19.4. The summed E-state index contributed by atoms with van der Waals surface area (Å²) < 4.78 is 39.5. The van der Waals surface area contributed by atoms with Gasteiger partial charge >= 0.3 is 6.18 Å². The number of alkyl halides is 3. The quantitative estimate of drug-likeness (QED) is 0.841. The number of rotatable bonds is 2. The zero-order chi connectivity index (χ0) is 15.0. The number of nitrogens with one attached hydrogen (secondary N) is 2. The average molecular weight is 299 g/mol. The largest absolute Gasteiger partial charge is 0.417 e. The molecule has 1 unspecified atom stereocenters. The summed E-state index contributed by atoms with van der Waals surface area (Å²) in [7, 11) is 0. The van der Waals surface area contributed by atoms with Crippen molar-refractivity contribution in [3.05, 3.63) is 29.7 Å². The van der Waals surface area contributed by atoms with Crippen molar-refractivity contribution in [3.63, 3.8) is 0 Å². The second-order valence-electron chi connectivity index (χ2n) is 4.76. The van der Waals surface area contributed by atoms with Gasteiger partial charge in [-0.25, -0.2) is 0 Å². The van der Waals surface area contributed by atoms with Crippen molar-refractivity contribution >= 4 is 11.6 Å². The maximum Gasteiger partial charge on any atom is 0.417 e. The number of fused-ring (bicyclic) bond motifs is 1. The summed E-state index contributed by atoms with van der Waals surface area (Å²) in [6.45, 7) is 1.15. The van der Waals surface area contributed by atoms with E-state index in [0.29, 0.717) is 24.6 Å². The summed E-state index contributed by atoms with van der Waals surface area (Å²) in [4.78, 5) is 11.7. The average Bonchev–Trinajstić information content (AvgIpc) is 2.83. The van der Waals surface area contributed by atoms with Crippen LogP contribution in [0, 0.1) is 0 Å². The van der Waals surface area contributed by atoms with E-state index in [1.54, 1.807) is 0 Å². The molecule has 9 heteroatoms. The Hall–Kier alpha value is -2.16.